The second-order valence-electron chi connectivity index (χ2n) is 5.30. The van der Waals surface area contributed by atoms with Gasteiger partial charge in [-0.1, -0.05) is 36.0 Å². The molecule has 106 valence electrons. The Balaban J connectivity index is 1.95. The van der Waals surface area contributed by atoms with Crippen LogP contribution in [0.1, 0.15) is 38.0 Å². The summed E-state index contributed by atoms with van der Waals surface area (Å²) in [6.45, 7) is 0.532. The Morgan fingerprint density at radius 3 is 2.80 bits per heavy atom. The molecule has 0 radical (unpaired) electrons. The lowest BCUT2D eigenvalue weighted by atomic mass is 9.74. The van der Waals surface area contributed by atoms with Gasteiger partial charge in [0.2, 0.25) is 11.7 Å². The summed E-state index contributed by atoms with van der Waals surface area (Å²) in [5, 5.41) is 4.55. The van der Waals surface area contributed by atoms with E-state index in [1.165, 1.54) is 6.42 Å². The molecular formula is C14H17ClN4O. The van der Waals surface area contributed by atoms with Crippen LogP contribution in [-0.2, 0) is 5.41 Å². The van der Waals surface area contributed by atoms with Gasteiger partial charge < -0.3 is 10.3 Å². The molecule has 2 aromatic rings. The standard InChI is InChI=1S/C14H17ClN4O/c15-10-5-4-8-17-11(10)12-18-13(20-19-12)14(9-16)6-2-1-3-7-14/h4-5,8H,1-3,6-7,9,16H2. The Morgan fingerprint density at radius 2 is 2.10 bits per heavy atom. The first-order valence-corrected chi connectivity index (χ1v) is 7.28. The lowest BCUT2D eigenvalue weighted by Gasteiger charge is -2.32. The molecule has 0 amide bonds. The molecular weight excluding hydrogens is 276 g/mol. The minimum Gasteiger partial charge on any atom is -0.338 e. The van der Waals surface area contributed by atoms with E-state index in [1.54, 1.807) is 18.3 Å². The molecule has 1 aliphatic carbocycles. The zero-order chi connectivity index (χ0) is 14.0. The zero-order valence-corrected chi connectivity index (χ0v) is 11.9. The van der Waals surface area contributed by atoms with Gasteiger partial charge in [0.15, 0.2) is 0 Å². The summed E-state index contributed by atoms with van der Waals surface area (Å²) < 4.78 is 5.47. The van der Waals surface area contributed by atoms with Gasteiger partial charge in [-0.15, -0.1) is 0 Å². The molecule has 1 aliphatic rings. The predicted octanol–water partition coefficient (Wildman–Crippen LogP) is 2.95. The van der Waals surface area contributed by atoms with E-state index in [0.29, 0.717) is 29.0 Å². The van der Waals surface area contributed by atoms with Crippen LogP contribution in [0.25, 0.3) is 11.5 Å². The van der Waals surface area contributed by atoms with Crippen molar-refractivity contribution in [1.29, 1.82) is 0 Å². The number of rotatable bonds is 3. The van der Waals surface area contributed by atoms with Gasteiger partial charge in [-0.05, 0) is 25.0 Å². The number of halogens is 1. The minimum atomic E-state index is -0.176. The first-order valence-electron chi connectivity index (χ1n) is 6.90. The quantitative estimate of drug-likeness (QED) is 0.941. The van der Waals surface area contributed by atoms with Gasteiger partial charge in [-0.2, -0.15) is 4.98 Å². The van der Waals surface area contributed by atoms with E-state index in [0.717, 1.165) is 25.7 Å². The highest BCUT2D eigenvalue weighted by molar-refractivity contribution is 6.32. The second kappa shape index (κ2) is 5.50. The van der Waals surface area contributed by atoms with Crippen LogP contribution < -0.4 is 5.73 Å². The van der Waals surface area contributed by atoms with Crippen molar-refractivity contribution in [1.82, 2.24) is 15.1 Å². The molecule has 20 heavy (non-hydrogen) atoms. The maximum absolute atomic E-state index is 6.11. The third kappa shape index (κ3) is 2.31. The van der Waals surface area contributed by atoms with E-state index in [1.807, 2.05) is 0 Å². The van der Waals surface area contributed by atoms with Crippen LogP contribution in [0, 0.1) is 0 Å². The van der Waals surface area contributed by atoms with Gasteiger partial charge in [0.25, 0.3) is 0 Å². The van der Waals surface area contributed by atoms with Crippen LogP contribution in [0.4, 0.5) is 0 Å². The van der Waals surface area contributed by atoms with Gasteiger partial charge >= 0.3 is 0 Å². The van der Waals surface area contributed by atoms with E-state index in [2.05, 4.69) is 15.1 Å². The van der Waals surface area contributed by atoms with Crippen LogP contribution in [0.2, 0.25) is 5.02 Å². The fourth-order valence-electron chi connectivity index (χ4n) is 2.82. The van der Waals surface area contributed by atoms with Crippen molar-refractivity contribution in [3.05, 3.63) is 29.2 Å². The normalized spacial score (nSPS) is 18.1. The van der Waals surface area contributed by atoms with Crippen LogP contribution in [0.5, 0.6) is 0 Å². The van der Waals surface area contributed by atoms with Crippen LogP contribution in [0.15, 0.2) is 22.9 Å². The molecule has 3 rings (SSSR count). The van der Waals surface area contributed by atoms with E-state index in [9.17, 15) is 0 Å². The van der Waals surface area contributed by atoms with E-state index in [4.69, 9.17) is 21.9 Å². The Bertz CT molecular complexity index is 592. The van der Waals surface area contributed by atoms with Gasteiger partial charge in [0, 0.05) is 12.7 Å². The zero-order valence-electron chi connectivity index (χ0n) is 11.2. The molecule has 2 N–H and O–H groups in total. The minimum absolute atomic E-state index is 0.176. The Labute approximate surface area is 122 Å². The van der Waals surface area contributed by atoms with Crippen molar-refractivity contribution >= 4 is 11.6 Å². The third-order valence-corrected chi connectivity index (χ3v) is 4.36. The molecule has 0 unspecified atom stereocenters. The number of pyridine rings is 1. The smallest absolute Gasteiger partial charge is 0.234 e. The molecule has 0 aromatic carbocycles. The molecule has 2 heterocycles. The fourth-order valence-corrected chi connectivity index (χ4v) is 3.03. The number of aromatic nitrogens is 3. The summed E-state index contributed by atoms with van der Waals surface area (Å²) in [4.78, 5) is 8.71. The van der Waals surface area contributed by atoms with Crippen LogP contribution in [-0.4, -0.2) is 21.7 Å². The second-order valence-corrected chi connectivity index (χ2v) is 5.71. The molecule has 1 saturated carbocycles. The molecule has 0 spiro atoms. The lowest BCUT2D eigenvalue weighted by Crippen LogP contribution is -2.37. The van der Waals surface area contributed by atoms with Gasteiger partial charge in [-0.3, -0.25) is 4.98 Å². The molecule has 0 aliphatic heterocycles. The summed E-state index contributed by atoms with van der Waals surface area (Å²) in [5.41, 5.74) is 6.35. The highest BCUT2D eigenvalue weighted by Gasteiger charge is 2.38. The topological polar surface area (TPSA) is 77.8 Å². The number of hydrogen-bond donors (Lipinski definition) is 1. The Morgan fingerprint density at radius 1 is 1.30 bits per heavy atom. The van der Waals surface area contributed by atoms with E-state index in [-0.39, 0.29) is 5.41 Å². The monoisotopic (exact) mass is 292 g/mol. The fraction of sp³-hybridized carbons (Fsp3) is 0.500. The van der Waals surface area contributed by atoms with Crippen molar-refractivity contribution in [2.45, 2.75) is 37.5 Å². The maximum Gasteiger partial charge on any atom is 0.234 e. The van der Waals surface area contributed by atoms with Crippen molar-refractivity contribution in [3.8, 4) is 11.5 Å². The van der Waals surface area contributed by atoms with Crippen LogP contribution in [0.3, 0.4) is 0 Å². The SMILES string of the molecule is NCC1(c2nc(-c3ncccc3Cl)no2)CCCCC1. The first-order chi connectivity index (χ1) is 9.75. The Kier molecular flexibility index (Phi) is 3.72. The summed E-state index contributed by atoms with van der Waals surface area (Å²) in [6.07, 6.45) is 7.21. The maximum atomic E-state index is 6.11. The van der Waals surface area contributed by atoms with Crippen molar-refractivity contribution in [3.63, 3.8) is 0 Å². The predicted molar refractivity (Wildman–Crippen MR) is 76.4 cm³/mol. The summed E-state index contributed by atoms with van der Waals surface area (Å²) in [5.74, 6) is 1.06. The summed E-state index contributed by atoms with van der Waals surface area (Å²) in [6, 6.07) is 3.54. The molecule has 1 fully saturated rings. The number of hydrogen-bond acceptors (Lipinski definition) is 5. The van der Waals surface area contributed by atoms with Crippen LogP contribution >= 0.6 is 11.6 Å². The van der Waals surface area contributed by atoms with Gasteiger partial charge in [-0.25, -0.2) is 0 Å². The highest BCUT2D eigenvalue weighted by atomic mass is 35.5. The molecule has 0 atom stereocenters. The number of nitrogens with zero attached hydrogens (tertiary/aromatic N) is 3. The van der Waals surface area contributed by atoms with E-state index < -0.39 is 0 Å². The molecule has 6 heteroatoms. The Hall–Kier alpha value is -1.46. The largest absolute Gasteiger partial charge is 0.338 e. The van der Waals surface area contributed by atoms with E-state index >= 15 is 0 Å². The number of nitrogens with two attached hydrogens (primary N) is 1. The highest BCUT2D eigenvalue weighted by Crippen LogP contribution is 2.38. The lowest BCUT2D eigenvalue weighted by molar-refractivity contribution is 0.220. The van der Waals surface area contributed by atoms with Gasteiger partial charge in [0.05, 0.1) is 10.4 Å². The molecule has 2 aromatic heterocycles. The first kappa shape index (κ1) is 13.5. The molecule has 0 saturated heterocycles. The summed E-state index contributed by atoms with van der Waals surface area (Å²) in [7, 11) is 0. The van der Waals surface area contributed by atoms with Crippen molar-refractivity contribution in [2.24, 2.45) is 5.73 Å². The average Bonchev–Trinajstić information content (AvgIpc) is 2.98. The molecule has 5 nitrogen and oxygen atoms in total. The van der Waals surface area contributed by atoms with Gasteiger partial charge in [0.1, 0.15) is 5.69 Å². The third-order valence-electron chi connectivity index (χ3n) is 4.05. The van der Waals surface area contributed by atoms with Crippen molar-refractivity contribution < 1.29 is 4.52 Å². The average molecular weight is 293 g/mol. The molecule has 0 bridgehead atoms. The summed E-state index contributed by atoms with van der Waals surface area (Å²) >= 11 is 6.11. The van der Waals surface area contributed by atoms with Crippen molar-refractivity contribution in [2.75, 3.05) is 6.54 Å².